The van der Waals surface area contributed by atoms with E-state index < -0.39 is 0 Å². The minimum absolute atomic E-state index is 0.770. The van der Waals surface area contributed by atoms with Crippen LogP contribution in [-0.4, -0.2) is 0 Å². The Morgan fingerprint density at radius 1 is 0.857 bits per heavy atom. The van der Waals surface area contributed by atoms with Crippen LogP contribution in [0.25, 0.3) is 0 Å². The van der Waals surface area contributed by atoms with Gasteiger partial charge in [0.25, 0.3) is 0 Å². The molecule has 14 heavy (non-hydrogen) atoms. The highest BCUT2D eigenvalue weighted by atomic mass is 14.5. The highest BCUT2D eigenvalue weighted by Gasteiger charge is 2.45. The van der Waals surface area contributed by atoms with Crippen molar-refractivity contribution in [3.05, 3.63) is 0 Å². The topological polar surface area (TPSA) is 0 Å². The van der Waals surface area contributed by atoms with E-state index in [0.29, 0.717) is 0 Å². The van der Waals surface area contributed by atoms with E-state index in [1.54, 1.807) is 51.4 Å². The lowest BCUT2D eigenvalue weighted by atomic mass is 9.68. The monoisotopic (exact) mass is 192 g/mol. The summed E-state index contributed by atoms with van der Waals surface area (Å²) in [5.74, 6) is 3.39. The van der Waals surface area contributed by atoms with Crippen LogP contribution >= 0.6 is 0 Å². The second-order valence-electron chi connectivity index (χ2n) is 6.58. The zero-order chi connectivity index (χ0) is 9.60. The Balaban J connectivity index is 1.59. The van der Waals surface area contributed by atoms with Crippen molar-refractivity contribution in [2.24, 2.45) is 23.2 Å². The van der Waals surface area contributed by atoms with Crippen molar-refractivity contribution in [2.45, 2.75) is 64.7 Å². The first-order valence-electron chi connectivity index (χ1n) is 6.76. The largest absolute Gasteiger partial charge is 0.0594 e. The van der Waals surface area contributed by atoms with Gasteiger partial charge in [0.2, 0.25) is 0 Å². The Morgan fingerprint density at radius 2 is 1.43 bits per heavy atom. The van der Waals surface area contributed by atoms with Crippen LogP contribution < -0.4 is 0 Å². The summed E-state index contributed by atoms with van der Waals surface area (Å²) in [4.78, 5) is 0. The van der Waals surface area contributed by atoms with Gasteiger partial charge in [0.1, 0.15) is 0 Å². The molecule has 0 radical (unpaired) electrons. The van der Waals surface area contributed by atoms with Gasteiger partial charge in [0.15, 0.2) is 0 Å². The van der Waals surface area contributed by atoms with E-state index in [0.717, 1.165) is 23.2 Å². The zero-order valence-electron chi connectivity index (χ0n) is 9.60. The molecule has 1 atom stereocenters. The van der Waals surface area contributed by atoms with Crippen molar-refractivity contribution in [3.63, 3.8) is 0 Å². The standard InChI is InChI=1S/C14H24/c1-14(13-7-8-13,10-12-5-6-12)9-11-3-2-4-11/h11-13H,2-10H2,1H3. The molecule has 0 bridgehead atoms. The maximum Gasteiger partial charge on any atom is -0.0292 e. The second-order valence-corrected chi connectivity index (χ2v) is 6.58. The van der Waals surface area contributed by atoms with E-state index in [1.165, 1.54) is 6.42 Å². The van der Waals surface area contributed by atoms with E-state index in [4.69, 9.17) is 0 Å². The van der Waals surface area contributed by atoms with Crippen molar-refractivity contribution in [1.29, 1.82) is 0 Å². The molecular weight excluding hydrogens is 168 g/mol. The number of hydrogen-bond acceptors (Lipinski definition) is 0. The van der Waals surface area contributed by atoms with Crippen molar-refractivity contribution in [3.8, 4) is 0 Å². The molecule has 0 saturated heterocycles. The minimum Gasteiger partial charge on any atom is -0.0594 e. The van der Waals surface area contributed by atoms with E-state index in [-0.39, 0.29) is 0 Å². The second kappa shape index (κ2) is 3.25. The molecule has 3 aliphatic rings. The first kappa shape index (κ1) is 9.24. The summed E-state index contributed by atoms with van der Waals surface area (Å²) in [5, 5.41) is 0. The van der Waals surface area contributed by atoms with Gasteiger partial charge in [-0.1, -0.05) is 39.0 Å². The van der Waals surface area contributed by atoms with Crippen molar-refractivity contribution < 1.29 is 0 Å². The first-order valence-corrected chi connectivity index (χ1v) is 6.76. The summed E-state index contributed by atoms with van der Waals surface area (Å²) >= 11 is 0. The number of rotatable bonds is 5. The molecule has 3 saturated carbocycles. The molecule has 1 unspecified atom stereocenters. The summed E-state index contributed by atoms with van der Waals surface area (Å²) < 4.78 is 0. The lowest BCUT2D eigenvalue weighted by molar-refractivity contribution is 0.133. The molecule has 0 amide bonds. The van der Waals surface area contributed by atoms with Gasteiger partial charge in [-0.15, -0.1) is 0 Å². The third-order valence-electron chi connectivity index (χ3n) is 4.99. The normalized spacial score (nSPS) is 32.4. The molecule has 0 aromatic heterocycles. The Labute approximate surface area is 88.5 Å². The summed E-state index contributed by atoms with van der Waals surface area (Å²) in [6, 6.07) is 0. The van der Waals surface area contributed by atoms with Gasteiger partial charge >= 0.3 is 0 Å². The third kappa shape index (κ3) is 1.85. The fraction of sp³-hybridized carbons (Fsp3) is 1.00. The molecule has 3 aliphatic carbocycles. The average molecular weight is 192 g/mol. The van der Waals surface area contributed by atoms with Crippen molar-refractivity contribution in [1.82, 2.24) is 0 Å². The van der Waals surface area contributed by atoms with Crippen LogP contribution in [-0.2, 0) is 0 Å². The van der Waals surface area contributed by atoms with Crippen LogP contribution in [0.3, 0.4) is 0 Å². The molecule has 0 heteroatoms. The lowest BCUT2D eigenvalue weighted by Crippen LogP contribution is -2.27. The first-order chi connectivity index (χ1) is 6.76. The molecule has 0 heterocycles. The molecule has 0 nitrogen and oxygen atoms in total. The smallest absolute Gasteiger partial charge is 0.0292 e. The van der Waals surface area contributed by atoms with Crippen LogP contribution in [0.15, 0.2) is 0 Å². The highest BCUT2D eigenvalue weighted by molar-refractivity contribution is 4.96. The van der Waals surface area contributed by atoms with E-state index in [1.807, 2.05) is 0 Å². The van der Waals surface area contributed by atoms with Crippen LogP contribution in [0.1, 0.15) is 64.7 Å². The van der Waals surface area contributed by atoms with Crippen molar-refractivity contribution >= 4 is 0 Å². The SMILES string of the molecule is CC(CC1CCC1)(CC1CC1)C1CC1. The Morgan fingerprint density at radius 3 is 1.79 bits per heavy atom. The molecule has 3 fully saturated rings. The van der Waals surface area contributed by atoms with Gasteiger partial charge < -0.3 is 0 Å². The molecule has 0 aromatic rings. The summed E-state index contributed by atoms with van der Waals surface area (Å²) in [6.07, 6.45) is 14.0. The molecule has 3 rings (SSSR count). The maximum absolute atomic E-state index is 2.61. The summed E-state index contributed by atoms with van der Waals surface area (Å²) in [7, 11) is 0. The summed E-state index contributed by atoms with van der Waals surface area (Å²) in [5.41, 5.74) is 0.770. The highest BCUT2D eigenvalue weighted by Crippen LogP contribution is 2.56. The van der Waals surface area contributed by atoms with Gasteiger partial charge in [0, 0.05) is 0 Å². The third-order valence-corrected chi connectivity index (χ3v) is 4.99. The minimum atomic E-state index is 0.770. The summed E-state index contributed by atoms with van der Waals surface area (Å²) in [6.45, 7) is 2.61. The molecule has 80 valence electrons. The predicted molar refractivity (Wildman–Crippen MR) is 60.1 cm³/mol. The van der Waals surface area contributed by atoms with Gasteiger partial charge in [-0.05, 0) is 48.9 Å². The fourth-order valence-corrected chi connectivity index (χ4v) is 3.53. The Bertz CT molecular complexity index is 208. The Hall–Kier alpha value is 0. The van der Waals surface area contributed by atoms with Crippen LogP contribution in [0.4, 0.5) is 0 Å². The fourth-order valence-electron chi connectivity index (χ4n) is 3.53. The van der Waals surface area contributed by atoms with E-state index >= 15 is 0 Å². The van der Waals surface area contributed by atoms with Gasteiger partial charge in [-0.3, -0.25) is 0 Å². The lowest BCUT2D eigenvalue weighted by Gasteiger charge is -2.37. The average Bonchev–Trinajstić information content (AvgIpc) is 2.87. The van der Waals surface area contributed by atoms with E-state index in [2.05, 4.69) is 6.92 Å². The quantitative estimate of drug-likeness (QED) is 0.606. The van der Waals surface area contributed by atoms with Crippen LogP contribution in [0, 0.1) is 23.2 Å². The molecule has 0 aromatic carbocycles. The zero-order valence-corrected chi connectivity index (χ0v) is 9.60. The van der Waals surface area contributed by atoms with Gasteiger partial charge in [-0.2, -0.15) is 0 Å². The molecule has 0 spiro atoms. The van der Waals surface area contributed by atoms with Crippen molar-refractivity contribution in [2.75, 3.05) is 0 Å². The molecular formula is C14H24. The maximum atomic E-state index is 2.61. The molecule has 0 aliphatic heterocycles. The predicted octanol–water partition coefficient (Wildman–Crippen LogP) is 4.39. The van der Waals surface area contributed by atoms with Crippen LogP contribution in [0.5, 0.6) is 0 Å². The Kier molecular flexibility index (Phi) is 2.15. The van der Waals surface area contributed by atoms with Gasteiger partial charge in [0.05, 0.1) is 0 Å². The van der Waals surface area contributed by atoms with Gasteiger partial charge in [-0.25, -0.2) is 0 Å². The van der Waals surface area contributed by atoms with E-state index in [9.17, 15) is 0 Å². The van der Waals surface area contributed by atoms with Crippen LogP contribution in [0.2, 0.25) is 0 Å². The number of hydrogen-bond donors (Lipinski definition) is 0. The molecule has 0 N–H and O–H groups in total.